The fourth-order valence-electron chi connectivity index (χ4n) is 1.64. The molecule has 0 bridgehead atoms. The Hall–Kier alpha value is -1.25. The Balaban J connectivity index is 2.22. The lowest BCUT2D eigenvalue weighted by Crippen LogP contribution is -2.10. The normalized spacial score (nSPS) is 14.8. The third-order valence-corrected chi connectivity index (χ3v) is 6.88. The summed E-state index contributed by atoms with van der Waals surface area (Å²) in [5.74, 6) is -0.0737. The van der Waals surface area contributed by atoms with Crippen LogP contribution in [0.3, 0.4) is 0 Å². The fraction of sp³-hybridized carbons (Fsp3) is 0.286. The minimum atomic E-state index is -3.73. The molecule has 22 heavy (non-hydrogen) atoms. The van der Waals surface area contributed by atoms with Gasteiger partial charge in [0, 0.05) is 34.6 Å². The number of ketones is 1. The van der Waals surface area contributed by atoms with E-state index in [9.17, 15) is 13.2 Å². The highest BCUT2D eigenvalue weighted by Crippen LogP contribution is 2.45. The summed E-state index contributed by atoms with van der Waals surface area (Å²) in [5.41, 5.74) is 1.19. The van der Waals surface area contributed by atoms with Gasteiger partial charge in [0.1, 0.15) is 6.34 Å². The molecule has 0 aromatic heterocycles. The largest absolute Gasteiger partial charge is 0.368 e. The Morgan fingerprint density at radius 3 is 2.27 bits per heavy atom. The van der Waals surface area contributed by atoms with Gasteiger partial charge in [-0.25, -0.2) is 0 Å². The lowest BCUT2D eigenvalue weighted by molar-refractivity contribution is 0.103. The maximum Gasteiger partial charge on any atom is 0.283 e. The molecular weight excluding hydrogens is 340 g/mol. The first-order valence-corrected chi connectivity index (χ1v) is 9.80. The SMILES string of the molecule is CC(C(=O)c1ccc(S(=O)(=O)N=CN(C)C)cc1)=C1SCS1. The number of benzene rings is 1. The molecule has 0 aliphatic carbocycles. The molecular formula is C14H16N2O3S3. The first kappa shape index (κ1) is 17.1. The smallest absolute Gasteiger partial charge is 0.283 e. The lowest BCUT2D eigenvalue weighted by atomic mass is 10.1. The molecule has 0 amide bonds. The molecule has 118 valence electrons. The number of nitrogens with zero attached hydrogens (tertiary/aromatic N) is 2. The van der Waals surface area contributed by atoms with Crippen molar-refractivity contribution in [1.82, 2.24) is 4.90 Å². The molecule has 8 heteroatoms. The van der Waals surface area contributed by atoms with Gasteiger partial charge in [-0.2, -0.15) is 8.42 Å². The number of carbonyl (C=O) groups is 1. The van der Waals surface area contributed by atoms with Gasteiger partial charge in [-0.15, -0.1) is 27.9 Å². The first-order chi connectivity index (χ1) is 10.3. The molecule has 1 aromatic rings. The van der Waals surface area contributed by atoms with Gasteiger partial charge >= 0.3 is 0 Å². The van der Waals surface area contributed by atoms with E-state index < -0.39 is 10.0 Å². The van der Waals surface area contributed by atoms with E-state index >= 15 is 0 Å². The minimum Gasteiger partial charge on any atom is -0.368 e. The Kier molecular flexibility index (Phi) is 5.36. The highest BCUT2D eigenvalue weighted by atomic mass is 32.3. The molecule has 0 radical (unpaired) electrons. The molecule has 0 saturated carbocycles. The number of rotatable bonds is 5. The van der Waals surface area contributed by atoms with Crippen LogP contribution in [0.4, 0.5) is 0 Å². The van der Waals surface area contributed by atoms with E-state index in [2.05, 4.69) is 4.40 Å². The number of sulfonamides is 1. The second-order valence-electron chi connectivity index (χ2n) is 4.83. The molecule has 5 nitrogen and oxygen atoms in total. The van der Waals surface area contributed by atoms with Crippen molar-refractivity contribution in [3.8, 4) is 0 Å². The summed E-state index contributed by atoms with van der Waals surface area (Å²) in [6.07, 6.45) is 1.23. The number of hydrogen-bond acceptors (Lipinski definition) is 5. The zero-order valence-corrected chi connectivity index (χ0v) is 14.9. The van der Waals surface area contributed by atoms with Crippen LogP contribution in [0.15, 0.2) is 43.4 Å². The quantitative estimate of drug-likeness (QED) is 0.350. The van der Waals surface area contributed by atoms with Gasteiger partial charge in [-0.05, 0) is 31.2 Å². The number of thioether (sulfide) groups is 2. The van der Waals surface area contributed by atoms with Crippen molar-refractivity contribution in [2.45, 2.75) is 11.8 Å². The van der Waals surface area contributed by atoms with Crippen LogP contribution in [-0.2, 0) is 10.0 Å². The maximum atomic E-state index is 12.3. The Morgan fingerprint density at radius 2 is 1.82 bits per heavy atom. The van der Waals surface area contributed by atoms with Crippen LogP contribution in [0.5, 0.6) is 0 Å². The maximum absolute atomic E-state index is 12.3. The summed E-state index contributed by atoms with van der Waals surface area (Å²) in [6, 6.07) is 5.88. The van der Waals surface area contributed by atoms with E-state index in [0.29, 0.717) is 11.1 Å². The standard InChI is InChI=1S/C14H16N2O3S3/c1-10(14-20-9-21-14)13(17)11-4-6-12(7-5-11)22(18,19)15-8-16(2)3/h4-8H,9H2,1-3H3. The first-order valence-electron chi connectivity index (χ1n) is 6.39. The van der Waals surface area contributed by atoms with Gasteiger partial charge in [0.2, 0.25) is 0 Å². The Morgan fingerprint density at radius 1 is 1.23 bits per heavy atom. The van der Waals surface area contributed by atoms with Gasteiger partial charge in [0.05, 0.1) is 4.90 Å². The molecule has 0 N–H and O–H groups in total. The molecule has 0 spiro atoms. The van der Waals surface area contributed by atoms with Gasteiger partial charge in [0.25, 0.3) is 10.0 Å². The molecule has 1 aliphatic heterocycles. The summed E-state index contributed by atoms with van der Waals surface area (Å²) in [7, 11) is -0.356. The molecule has 1 heterocycles. The minimum absolute atomic E-state index is 0.0693. The van der Waals surface area contributed by atoms with Crippen LogP contribution in [0, 0.1) is 0 Å². The molecule has 1 aromatic carbocycles. The van der Waals surface area contributed by atoms with Gasteiger partial charge in [0.15, 0.2) is 5.78 Å². The number of allylic oxidation sites excluding steroid dienone is 1. The van der Waals surface area contributed by atoms with Crippen LogP contribution in [0.1, 0.15) is 17.3 Å². The second kappa shape index (κ2) is 6.89. The Bertz CT molecular complexity index is 729. The topological polar surface area (TPSA) is 66.8 Å². The third kappa shape index (κ3) is 3.93. The summed E-state index contributed by atoms with van der Waals surface area (Å²) < 4.78 is 28.6. The summed E-state index contributed by atoms with van der Waals surface area (Å²) >= 11 is 3.31. The third-order valence-electron chi connectivity index (χ3n) is 2.86. The summed E-state index contributed by atoms with van der Waals surface area (Å²) in [6.45, 7) is 1.79. The number of carbonyl (C=O) groups excluding carboxylic acids is 1. The highest BCUT2D eigenvalue weighted by molar-refractivity contribution is 8.37. The van der Waals surface area contributed by atoms with Crippen LogP contribution >= 0.6 is 23.5 Å². The van der Waals surface area contributed by atoms with Gasteiger partial charge in [-0.1, -0.05) is 0 Å². The van der Waals surface area contributed by atoms with E-state index in [0.717, 1.165) is 9.32 Å². The van der Waals surface area contributed by atoms with Crippen molar-refractivity contribution in [2.75, 3.05) is 19.2 Å². The van der Waals surface area contributed by atoms with Crippen molar-refractivity contribution in [2.24, 2.45) is 4.40 Å². The monoisotopic (exact) mass is 356 g/mol. The van der Waals surface area contributed by atoms with Crippen molar-refractivity contribution < 1.29 is 13.2 Å². The number of hydrogen-bond donors (Lipinski definition) is 0. The lowest BCUT2D eigenvalue weighted by Gasteiger charge is -2.17. The average Bonchev–Trinajstić information content (AvgIpc) is 2.43. The second-order valence-corrected chi connectivity index (χ2v) is 9.06. The van der Waals surface area contributed by atoms with Crippen molar-refractivity contribution in [3.05, 3.63) is 39.6 Å². The van der Waals surface area contributed by atoms with Gasteiger partial charge < -0.3 is 4.90 Å². The molecule has 0 unspecified atom stereocenters. The predicted molar refractivity (Wildman–Crippen MR) is 92.9 cm³/mol. The molecule has 1 saturated heterocycles. The van der Waals surface area contributed by atoms with E-state index in [1.165, 1.54) is 30.6 Å². The highest BCUT2D eigenvalue weighted by Gasteiger charge is 2.20. The average molecular weight is 356 g/mol. The molecule has 1 aliphatic rings. The van der Waals surface area contributed by atoms with E-state index in [1.54, 1.807) is 49.4 Å². The van der Waals surface area contributed by atoms with E-state index in [-0.39, 0.29) is 10.7 Å². The molecule has 1 fully saturated rings. The van der Waals surface area contributed by atoms with Crippen LogP contribution in [-0.4, -0.2) is 44.6 Å². The molecule has 2 rings (SSSR count). The van der Waals surface area contributed by atoms with Crippen molar-refractivity contribution in [3.63, 3.8) is 0 Å². The summed E-state index contributed by atoms with van der Waals surface area (Å²) in [5, 5.41) is 0.973. The van der Waals surface area contributed by atoms with Crippen molar-refractivity contribution >= 4 is 45.7 Å². The van der Waals surface area contributed by atoms with Crippen LogP contribution in [0.25, 0.3) is 0 Å². The fourth-order valence-corrected chi connectivity index (χ4v) is 4.11. The van der Waals surface area contributed by atoms with Crippen LogP contribution < -0.4 is 0 Å². The zero-order valence-electron chi connectivity index (χ0n) is 12.4. The predicted octanol–water partition coefficient (Wildman–Crippen LogP) is 2.82. The summed E-state index contributed by atoms with van der Waals surface area (Å²) in [4.78, 5) is 13.9. The Labute approximate surface area is 138 Å². The van der Waals surface area contributed by atoms with E-state index in [4.69, 9.17) is 0 Å². The van der Waals surface area contributed by atoms with E-state index in [1.807, 2.05) is 0 Å². The number of Topliss-reactive ketones (excluding diaryl/α,β-unsaturated/α-hetero) is 1. The zero-order chi connectivity index (χ0) is 16.3. The van der Waals surface area contributed by atoms with Crippen molar-refractivity contribution in [1.29, 1.82) is 0 Å². The molecule has 0 atom stereocenters. The van der Waals surface area contributed by atoms with Gasteiger partial charge in [-0.3, -0.25) is 4.79 Å². The van der Waals surface area contributed by atoms with Crippen LogP contribution in [0.2, 0.25) is 0 Å².